The van der Waals surface area contributed by atoms with E-state index < -0.39 is 0 Å². The second-order valence-corrected chi connectivity index (χ2v) is 5.67. The number of thiazole rings is 1. The number of anilines is 1. The smallest absolute Gasteiger partial charge is 0.229 e. The fraction of sp³-hybridized carbons (Fsp3) is 0.231. The van der Waals surface area contributed by atoms with Gasteiger partial charge in [-0.05, 0) is 30.5 Å². The minimum atomic E-state index is 0.354. The van der Waals surface area contributed by atoms with Gasteiger partial charge in [0, 0.05) is 5.92 Å². The van der Waals surface area contributed by atoms with E-state index in [-0.39, 0.29) is 0 Å². The molecular weight excluding hydrogens is 246 g/mol. The van der Waals surface area contributed by atoms with Crippen LogP contribution in [-0.4, -0.2) is 10.1 Å². The normalized spacial score (nSPS) is 15.3. The number of benzene rings is 1. The van der Waals surface area contributed by atoms with Crippen molar-refractivity contribution >= 4 is 27.4 Å². The summed E-state index contributed by atoms with van der Waals surface area (Å²) < 4.78 is 6.13. The highest BCUT2D eigenvalue weighted by Gasteiger charge is 2.27. The van der Waals surface area contributed by atoms with Crippen molar-refractivity contribution in [1.82, 2.24) is 10.1 Å². The standard InChI is InChI=1S/C13H11N3OS/c14-12-9(6-15-17-12)8-3-4-11-10(5-8)16-13(18-11)7-1-2-7/h3-7H,1-2,14H2. The van der Waals surface area contributed by atoms with Crippen molar-refractivity contribution in [2.45, 2.75) is 18.8 Å². The lowest BCUT2D eigenvalue weighted by atomic mass is 10.1. The van der Waals surface area contributed by atoms with Crippen LogP contribution in [0.1, 0.15) is 23.8 Å². The van der Waals surface area contributed by atoms with Gasteiger partial charge in [-0.1, -0.05) is 11.2 Å². The van der Waals surface area contributed by atoms with Gasteiger partial charge in [-0.15, -0.1) is 11.3 Å². The number of nitrogen functional groups attached to an aromatic ring is 1. The summed E-state index contributed by atoms with van der Waals surface area (Å²) in [6.45, 7) is 0. The lowest BCUT2D eigenvalue weighted by Crippen LogP contribution is -1.84. The van der Waals surface area contributed by atoms with Crippen LogP contribution in [0.5, 0.6) is 0 Å². The average Bonchev–Trinajstić information content (AvgIpc) is 3.00. The van der Waals surface area contributed by atoms with Gasteiger partial charge in [-0.2, -0.15) is 0 Å². The maximum Gasteiger partial charge on any atom is 0.229 e. The molecule has 0 spiro atoms. The van der Waals surface area contributed by atoms with Crippen molar-refractivity contribution < 1.29 is 4.52 Å². The predicted octanol–water partition coefficient (Wildman–Crippen LogP) is 3.41. The van der Waals surface area contributed by atoms with Crippen LogP contribution >= 0.6 is 11.3 Å². The monoisotopic (exact) mass is 257 g/mol. The zero-order valence-corrected chi connectivity index (χ0v) is 10.4. The van der Waals surface area contributed by atoms with E-state index in [9.17, 15) is 0 Å². The number of hydrogen-bond acceptors (Lipinski definition) is 5. The van der Waals surface area contributed by atoms with Crippen molar-refractivity contribution in [2.75, 3.05) is 5.73 Å². The molecule has 18 heavy (non-hydrogen) atoms. The summed E-state index contributed by atoms with van der Waals surface area (Å²) in [5.74, 6) is 1.05. The van der Waals surface area contributed by atoms with E-state index in [1.54, 1.807) is 17.5 Å². The van der Waals surface area contributed by atoms with Crippen LogP contribution in [0.2, 0.25) is 0 Å². The van der Waals surface area contributed by atoms with E-state index in [0.717, 1.165) is 16.6 Å². The number of hydrogen-bond donors (Lipinski definition) is 1. The number of rotatable bonds is 2. The summed E-state index contributed by atoms with van der Waals surface area (Å²) in [6.07, 6.45) is 4.21. The quantitative estimate of drug-likeness (QED) is 0.764. The molecule has 1 saturated carbocycles. The molecule has 2 aromatic heterocycles. The highest BCUT2D eigenvalue weighted by atomic mass is 32.1. The lowest BCUT2D eigenvalue weighted by molar-refractivity contribution is 0.436. The number of aromatic nitrogens is 2. The third kappa shape index (κ3) is 1.51. The molecule has 0 unspecified atom stereocenters. The SMILES string of the molecule is Nc1oncc1-c1ccc2sc(C3CC3)nc2c1. The molecule has 0 aliphatic heterocycles. The average molecular weight is 257 g/mol. The Labute approximate surface area is 107 Å². The maximum atomic E-state index is 5.73. The van der Waals surface area contributed by atoms with Crippen LogP contribution in [-0.2, 0) is 0 Å². The lowest BCUT2D eigenvalue weighted by Gasteiger charge is -1.97. The molecule has 5 heteroatoms. The minimum Gasteiger partial charge on any atom is -0.367 e. The first kappa shape index (κ1) is 10.1. The van der Waals surface area contributed by atoms with Gasteiger partial charge in [0.25, 0.3) is 0 Å². The summed E-state index contributed by atoms with van der Waals surface area (Å²) in [5, 5.41) is 4.97. The Morgan fingerprint density at radius 2 is 2.22 bits per heavy atom. The van der Waals surface area contributed by atoms with Gasteiger partial charge >= 0.3 is 0 Å². The topological polar surface area (TPSA) is 64.9 Å². The molecule has 1 fully saturated rings. The van der Waals surface area contributed by atoms with Crippen LogP contribution in [0.4, 0.5) is 5.88 Å². The Morgan fingerprint density at radius 1 is 1.33 bits per heavy atom. The molecule has 0 bridgehead atoms. The molecule has 3 aromatic rings. The summed E-state index contributed by atoms with van der Waals surface area (Å²) in [5.41, 5.74) is 8.61. The van der Waals surface area contributed by atoms with Gasteiger partial charge in [0.15, 0.2) is 0 Å². The van der Waals surface area contributed by atoms with E-state index in [0.29, 0.717) is 11.8 Å². The van der Waals surface area contributed by atoms with E-state index in [1.165, 1.54) is 22.5 Å². The van der Waals surface area contributed by atoms with Crippen LogP contribution in [0.15, 0.2) is 28.9 Å². The Morgan fingerprint density at radius 3 is 2.94 bits per heavy atom. The van der Waals surface area contributed by atoms with Crippen molar-refractivity contribution in [3.05, 3.63) is 29.4 Å². The highest BCUT2D eigenvalue weighted by Crippen LogP contribution is 2.43. The van der Waals surface area contributed by atoms with E-state index >= 15 is 0 Å². The van der Waals surface area contributed by atoms with Gasteiger partial charge in [-0.25, -0.2) is 4.98 Å². The first-order valence-electron chi connectivity index (χ1n) is 5.92. The molecular formula is C13H11N3OS. The van der Waals surface area contributed by atoms with Gasteiger partial charge in [-0.3, -0.25) is 0 Å². The summed E-state index contributed by atoms with van der Waals surface area (Å²) in [6, 6.07) is 6.20. The third-order valence-electron chi connectivity index (χ3n) is 3.24. The van der Waals surface area contributed by atoms with Gasteiger partial charge in [0.1, 0.15) is 0 Å². The largest absolute Gasteiger partial charge is 0.367 e. The second kappa shape index (κ2) is 3.55. The molecule has 90 valence electrons. The first-order valence-corrected chi connectivity index (χ1v) is 6.74. The molecule has 0 amide bonds. The molecule has 2 N–H and O–H groups in total. The first-order chi connectivity index (χ1) is 8.81. The minimum absolute atomic E-state index is 0.354. The van der Waals surface area contributed by atoms with E-state index in [1.807, 2.05) is 6.07 Å². The molecule has 4 rings (SSSR count). The fourth-order valence-corrected chi connectivity index (χ4v) is 3.20. The summed E-state index contributed by atoms with van der Waals surface area (Å²) in [7, 11) is 0. The van der Waals surface area contributed by atoms with Crippen LogP contribution in [0, 0.1) is 0 Å². The predicted molar refractivity (Wildman–Crippen MR) is 71.5 cm³/mol. The van der Waals surface area contributed by atoms with E-state index in [2.05, 4.69) is 17.3 Å². The molecule has 0 atom stereocenters. The molecule has 0 saturated heterocycles. The number of fused-ring (bicyclic) bond motifs is 1. The second-order valence-electron chi connectivity index (χ2n) is 4.61. The molecule has 1 aliphatic rings. The van der Waals surface area contributed by atoms with Crippen molar-refractivity contribution in [1.29, 1.82) is 0 Å². The summed E-state index contributed by atoms with van der Waals surface area (Å²) in [4.78, 5) is 4.70. The number of nitrogens with two attached hydrogens (primary N) is 1. The highest BCUT2D eigenvalue weighted by molar-refractivity contribution is 7.18. The Balaban J connectivity index is 1.85. The fourth-order valence-electron chi connectivity index (χ4n) is 2.08. The molecule has 4 nitrogen and oxygen atoms in total. The maximum absolute atomic E-state index is 5.73. The molecule has 2 heterocycles. The van der Waals surface area contributed by atoms with Crippen LogP contribution in [0.25, 0.3) is 21.3 Å². The summed E-state index contributed by atoms with van der Waals surface area (Å²) >= 11 is 1.80. The van der Waals surface area contributed by atoms with Crippen LogP contribution in [0.3, 0.4) is 0 Å². The zero-order chi connectivity index (χ0) is 12.1. The Kier molecular flexibility index (Phi) is 1.99. The van der Waals surface area contributed by atoms with Gasteiger partial charge < -0.3 is 10.3 Å². The molecule has 0 radical (unpaired) electrons. The van der Waals surface area contributed by atoms with Crippen molar-refractivity contribution in [3.63, 3.8) is 0 Å². The number of nitrogens with zero attached hydrogens (tertiary/aromatic N) is 2. The molecule has 1 aromatic carbocycles. The van der Waals surface area contributed by atoms with Crippen molar-refractivity contribution in [2.24, 2.45) is 0 Å². The molecule has 1 aliphatic carbocycles. The van der Waals surface area contributed by atoms with Crippen molar-refractivity contribution in [3.8, 4) is 11.1 Å². The van der Waals surface area contributed by atoms with E-state index in [4.69, 9.17) is 15.2 Å². The third-order valence-corrected chi connectivity index (χ3v) is 4.44. The van der Waals surface area contributed by atoms with Gasteiger partial charge in [0.05, 0.1) is 27.0 Å². The van der Waals surface area contributed by atoms with Gasteiger partial charge in [0.2, 0.25) is 5.88 Å². The Hall–Kier alpha value is -1.88. The van der Waals surface area contributed by atoms with Crippen LogP contribution < -0.4 is 5.73 Å². The zero-order valence-electron chi connectivity index (χ0n) is 9.59. The Bertz CT molecular complexity index is 727.